The van der Waals surface area contributed by atoms with E-state index in [9.17, 15) is 17.6 Å². The molecule has 0 saturated heterocycles. The second kappa shape index (κ2) is 9.03. The number of sulfonamides is 1. The number of fused-ring (bicyclic) bond motifs is 1. The maximum atomic E-state index is 15.1. The van der Waals surface area contributed by atoms with Crippen molar-refractivity contribution in [3.63, 3.8) is 0 Å². The third-order valence-corrected chi connectivity index (χ3v) is 6.66. The highest BCUT2D eigenvalue weighted by Crippen LogP contribution is 2.29. The van der Waals surface area contributed by atoms with Crippen molar-refractivity contribution in [2.45, 2.75) is 13.3 Å². The van der Waals surface area contributed by atoms with Gasteiger partial charge >= 0.3 is 0 Å². The SMILES string of the molecule is CCCS(=O)(=O)Nc1ccc(F)c(C(=O)c2c[nH]c3ncc(-c4ccc(C#N)cc4)cc23)c1F. The number of anilines is 1. The zero-order valence-electron chi connectivity index (χ0n) is 17.9. The van der Waals surface area contributed by atoms with Crippen molar-refractivity contribution < 1.29 is 22.0 Å². The largest absolute Gasteiger partial charge is 0.345 e. The number of nitrogens with one attached hydrogen (secondary N) is 2. The molecule has 4 rings (SSSR count). The average Bonchev–Trinajstić information content (AvgIpc) is 3.24. The fourth-order valence-corrected chi connectivity index (χ4v) is 4.68. The fraction of sp³-hybridized carbons (Fsp3) is 0.125. The molecule has 0 bridgehead atoms. The number of carbonyl (C=O) groups excluding carboxylic acids is 1. The Kier molecular flexibility index (Phi) is 6.13. The van der Waals surface area contributed by atoms with E-state index in [-0.39, 0.29) is 11.3 Å². The molecular weight excluding hydrogens is 462 g/mol. The second-order valence-corrected chi connectivity index (χ2v) is 9.39. The maximum absolute atomic E-state index is 15.1. The van der Waals surface area contributed by atoms with E-state index < -0.39 is 38.7 Å². The molecule has 0 aliphatic heterocycles. The van der Waals surface area contributed by atoms with E-state index in [1.165, 1.54) is 6.20 Å². The quantitative estimate of drug-likeness (QED) is 0.370. The smallest absolute Gasteiger partial charge is 0.232 e. The lowest BCUT2D eigenvalue weighted by atomic mass is 9.99. The molecule has 0 fully saturated rings. The summed E-state index contributed by atoms with van der Waals surface area (Å²) < 4.78 is 55.9. The Balaban J connectivity index is 1.77. The van der Waals surface area contributed by atoms with E-state index in [0.717, 1.165) is 17.7 Å². The Morgan fingerprint density at radius 2 is 1.88 bits per heavy atom. The highest BCUT2D eigenvalue weighted by Gasteiger charge is 2.26. The standard InChI is InChI=1S/C24H18F2N4O3S/c1-2-9-34(32,33)30-20-8-7-19(25)21(22(20)26)23(31)18-13-29-24-17(18)10-16(12-28-24)15-5-3-14(11-27)4-6-15/h3-8,10,12-13,30H,2,9H2,1H3,(H,28,29). The van der Waals surface area contributed by atoms with Gasteiger partial charge in [0.05, 0.1) is 28.6 Å². The molecule has 2 aromatic carbocycles. The van der Waals surface area contributed by atoms with Gasteiger partial charge in [-0.05, 0) is 42.3 Å². The van der Waals surface area contributed by atoms with Crippen molar-refractivity contribution >= 4 is 32.5 Å². The molecule has 0 aliphatic rings. The number of aromatic nitrogens is 2. The van der Waals surface area contributed by atoms with Crippen LogP contribution < -0.4 is 4.72 Å². The fourth-order valence-electron chi connectivity index (χ4n) is 3.55. The van der Waals surface area contributed by atoms with Gasteiger partial charge in [-0.1, -0.05) is 19.1 Å². The van der Waals surface area contributed by atoms with Crippen LogP contribution in [0.25, 0.3) is 22.2 Å². The molecular formula is C24H18F2N4O3S. The number of H-pyrrole nitrogens is 1. The van der Waals surface area contributed by atoms with Gasteiger partial charge in [0.15, 0.2) is 5.82 Å². The minimum absolute atomic E-state index is 0.0237. The van der Waals surface area contributed by atoms with Crippen LogP contribution in [0.5, 0.6) is 0 Å². The number of hydrogen-bond donors (Lipinski definition) is 2. The molecule has 172 valence electrons. The van der Waals surface area contributed by atoms with Crippen molar-refractivity contribution in [1.82, 2.24) is 9.97 Å². The zero-order valence-corrected chi connectivity index (χ0v) is 18.7. The van der Waals surface area contributed by atoms with Crippen molar-refractivity contribution in [2.24, 2.45) is 0 Å². The molecule has 0 atom stereocenters. The summed E-state index contributed by atoms with van der Waals surface area (Å²) in [6.07, 6.45) is 3.17. The molecule has 2 N–H and O–H groups in total. The van der Waals surface area contributed by atoms with Crippen molar-refractivity contribution in [3.05, 3.63) is 83.2 Å². The summed E-state index contributed by atoms with van der Waals surface area (Å²) in [5, 5.41) is 9.30. The Morgan fingerprint density at radius 3 is 2.56 bits per heavy atom. The predicted molar refractivity (Wildman–Crippen MR) is 124 cm³/mol. The second-order valence-electron chi connectivity index (χ2n) is 7.55. The first-order chi connectivity index (χ1) is 16.2. The summed E-state index contributed by atoms with van der Waals surface area (Å²) in [4.78, 5) is 20.3. The Labute approximate surface area is 194 Å². The minimum atomic E-state index is -3.85. The van der Waals surface area contributed by atoms with Crippen LogP contribution in [-0.4, -0.2) is 29.9 Å². The molecule has 4 aromatic rings. The molecule has 34 heavy (non-hydrogen) atoms. The average molecular weight is 480 g/mol. The van der Waals surface area contributed by atoms with Gasteiger partial charge in [-0.3, -0.25) is 9.52 Å². The highest BCUT2D eigenvalue weighted by atomic mass is 32.2. The number of rotatable bonds is 7. The summed E-state index contributed by atoms with van der Waals surface area (Å²) in [5.74, 6) is -3.63. The Morgan fingerprint density at radius 1 is 1.15 bits per heavy atom. The van der Waals surface area contributed by atoms with E-state index in [0.29, 0.717) is 28.6 Å². The summed E-state index contributed by atoms with van der Waals surface area (Å²) >= 11 is 0. The first-order valence-electron chi connectivity index (χ1n) is 10.2. The zero-order chi connectivity index (χ0) is 24.5. The molecule has 0 aliphatic carbocycles. The number of hydrogen-bond acceptors (Lipinski definition) is 5. The summed E-state index contributed by atoms with van der Waals surface area (Å²) in [6.45, 7) is 1.65. The number of carbonyl (C=O) groups is 1. The van der Waals surface area contributed by atoms with Gasteiger partial charge in [-0.25, -0.2) is 22.2 Å². The number of ketones is 1. The van der Waals surface area contributed by atoms with Crippen molar-refractivity contribution in [1.29, 1.82) is 5.26 Å². The number of nitrogens with zero attached hydrogens (tertiary/aromatic N) is 2. The van der Waals surface area contributed by atoms with Gasteiger partial charge in [0, 0.05) is 28.9 Å². The first-order valence-corrected chi connectivity index (χ1v) is 11.9. The predicted octanol–water partition coefficient (Wildman–Crippen LogP) is 4.76. The molecule has 0 spiro atoms. The van der Waals surface area contributed by atoms with Crippen LogP contribution in [0.4, 0.5) is 14.5 Å². The molecule has 2 heterocycles. The Bertz CT molecular complexity index is 1560. The number of nitriles is 1. The lowest BCUT2D eigenvalue weighted by molar-refractivity contribution is 0.103. The molecule has 10 heteroatoms. The summed E-state index contributed by atoms with van der Waals surface area (Å²) in [6, 6.07) is 12.2. The number of halogens is 2. The topological polar surface area (TPSA) is 116 Å². The lowest BCUT2D eigenvalue weighted by Crippen LogP contribution is -2.18. The van der Waals surface area contributed by atoms with Crippen LogP contribution in [0.3, 0.4) is 0 Å². The number of aromatic amines is 1. The maximum Gasteiger partial charge on any atom is 0.232 e. The van der Waals surface area contributed by atoms with Crippen LogP contribution >= 0.6 is 0 Å². The van der Waals surface area contributed by atoms with Gasteiger partial charge in [-0.2, -0.15) is 5.26 Å². The van der Waals surface area contributed by atoms with Crippen molar-refractivity contribution in [3.8, 4) is 17.2 Å². The minimum Gasteiger partial charge on any atom is -0.345 e. The number of pyridine rings is 1. The van der Waals surface area contributed by atoms with Crippen LogP contribution in [0.15, 0.2) is 54.9 Å². The van der Waals surface area contributed by atoms with E-state index >= 15 is 4.39 Å². The number of benzene rings is 2. The Hall–Kier alpha value is -4.10. The third-order valence-electron chi connectivity index (χ3n) is 5.18. The van der Waals surface area contributed by atoms with Crippen LogP contribution in [0.2, 0.25) is 0 Å². The van der Waals surface area contributed by atoms with Gasteiger partial charge in [0.1, 0.15) is 11.5 Å². The van der Waals surface area contributed by atoms with Crippen LogP contribution in [0.1, 0.15) is 34.8 Å². The lowest BCUT2D eigenvalue weighted by Gasteiger charge is -2.11. The monoisotopic (exact) mass is 480 g/mol. The molecule has 7 nitrogen and oxygen atoms in total. The van der Waals surface area contributed by atoms with E-state index in [4.69, 9.17) is 5.26 Å². The molecule has 0 saturated carbocycles. The molecule has 0 radical (unpaired) electrons. The van der Waals surface area contributed by atoms with Gasteiger partial charge in [0.25, 0.3) is 0 Å². The van der Waals surface area contributed by atoms with E-state index in [2.05, 4.69) is 14.7 Å². The summed E-state index contributed by atoms with van der Waals surface area (Å²) in [7, 11) is -3.85. The first kappa shape index (κ1) is 23.1. The van der Waals surface area contributed by atoms with E-state index in [1.807, 2.05) is 6.07 Å². The van der Waals surface area contributed by atoms with Crippen LogP contribution in [0, 0.1) is 23.0 Å². The van der Waals surface area contributed by atoms with E-state index in [1.54, 1.807) is 43.5 Å². The normalized spacial score (nSPS) is 11.4. The summed E-state index contributed by atoms with van der Waals surface area (Å²) in [5.41, 5.74) is 0.780. The molecule has 2 aromatic heterocycles. The van der Waals surface area contributed by atoms with Gasteiger partial charge < -0.3 is 4.98 Å². The van der Waals surface area contributed by atoms with Gasteiger partial charge in [-0.15, -0.1) is 0 Å². The van der Waals surface area contributed by atoms with Gasteiger partial charge in [0.2, 0.25) is 15.8 Å². The van der Waals surface area contributed by atoms with Crippen molar-refractivity contribution in [2.75, 3.05) is 10.5 Å². The molecule has 0 amide bonds. The van der Waals surface area contributed by atoms with Crippen LogP contribution in [-0.2, 0) is 10.0 Å². The molecule has 0 unspecified atom stereocenters. The highest BCUT2D eigenvalue weighted by molar-refractivity contribution is 7.92. The third kappa shape index (κ3) is 4.38.